The molecule has 0 spiro atoms. The largest absolute Gasteiger partial charge is 0.504 e. The summed E-state index contributed by atoms with van der Waals surface area (Å²) in [6, 6.07) is 16.9. The van der Waals surface area contributed by atoms with Gasteiger partial charge in [-0.2, -0.15) is 9.41 Å². The van der Waals surface area contributed by atoms with Crippen LogP contribution >= 0.6 is 23.2 Å². The predicted octanol–water partition coefficient (Wildman–Crippen LogP) is 4.05. The summed E-state index contributed by atoms with van der Waals surface area (Å²) in [6.45, 7) is -0.578. The van der Waals surface area contributed by atoms with Crippen molar-refractivity contribution in [3.05, 3.63) is 87.9 Å². The Morgan fingerprint density at radius 2 is 1.82 bits per heavy atom. The maximum Gasteiger partial charge on any atom is 0.255 e. The number of benzene rings is 3. The second kappa shape index (κ2) is 11.3. The number of methoxy groups -OCH3 is 1. The Bertz CT molecular complexity index is 1300. The first-order valence-electron chi connectivity index (χ1n) is 9.88. The Balaban J connectivity index is 1.79. The summed E-state index contributed by atoms with van der Waals surface area (Å²) in [6.07, 6.45) is 1.34. The average Bonchev–Trinajstić information content (AvgIpc) is 2.80. The molecule has 3 rings (SSSR count). The lowest BCUT2D eigenvalue weighted by atomic mass is 10.2. The molecule has 3 aromatic rings. The molecule has 0 aliphatic rings. The first-order valence-corrected chi connectivity index (χ1v) is 12.1. The Morgan fingerprint density at radius 3 is 2.50 bits per heavy atom. The molecule has 1 amide bonds. The second-order valence-corrected chi connectivity index (χ2v) is 9.89. The summed E-state index contributed by atoms with van der Waals surface area (Å²) >= 11 is 11.9. The maximum atomic E-state index is 13.3. The van der Waals surface area contributed by atoms with Gasteiger partial charge in [0, 0.05) is 16.6 Å². The summed E-state index contributed by atoms with van der Waals surface area (Å²) in [5, 5.41) is 14.4. The van der Waals surface area contributed by atoms with E-state index >= 15 is 0 Å². The molecule has 0 heterocycles. The molecule has 8 nitrogen and oxygen atoms in total. The minimum Gasteiger partial charge on any atom is -0.504 e. The number of ether oxygens (including phenoxy) is 1. The van der Waals surface area contributed by atoms with Gasteiger partial charge in [-0.05, 0) is 65.7 Å². The minimum absolute atomic E-state index is 0.00795. The third-order valence-electron chi connectivity index (χ3n) is 4.63. The monoisotopic (exact) mass is 521 g/mol. The maximum absolute atomic E-state index is 13.3. The van der Waals surface area contributed by atoms with Gasteiger partial charge in [0.05, 0.1) is 24.8 Å². The van der Waals surface area contributed by atoms with E-state index in [1.54, 1.807) is 30.3 Å². The molecule has 2 N–H and O–H groups in total. The number of halogens is 2. The van der Waals surface area contributed by atoms with Crippen LogP contribution in [-0.2, 0) is 21.4 Å². The number of phenols is 1. The molecule has 0 unspecified atom stereocenters. The van der Waals surface area contributed by atoms with Crippen molar-refractivity contribution >= 4 is 45.3 Å². The Kier molecular flexibility index (Phi) is 8.51. The van der Waals surface area contributed by atoms with E-state index in [9.17, 15) is 18.3 Å². The van der Waals surface area contributed by atoms with Crippen molar-refractivity contribution in [2.75, 3.05) is 13.7 Å². The summed E-state index contributed by atoms with van der Waals surface area (Å²) in [4.78, 5) is 12.6. The van der Waals surface area contributed by atoms with Crippen molar-refractivity contribution in [1.82, 2.24) is 9.73 Å². The zero-order valence-electron chi connectivity index (χ0n) is 18.0. The number of aromatic hydroxyl groups is 1. The van der Waals surface area contributed by atoms with Crippen LogP contribution < -0.4 is 10.2 Å². The second-order valence-electron chi connectivity index (χ2n) is 7.08. The predicted molar refractivity (Wildman–Crippen MR) is 131 cm³/mol. The van der Waals surface area contributed by atoms with Gasteiger partial charge in [-0.25, -0.2) is 13.8 Å². The lowest BCUT2D eigenvalue weighted by Crippen LogP contribution is -2.39. The number of nitrogens with zero attached hydrogens (tertiary/aromatic N) is 2. The van der Waals surface area contributed by atoms with Crippen molar-refractivity contribution in [3.8, 4) is 11.5 Å². The molecule has 0 aliphatic carbocycles. The fraction of sp³-hybridized carbons (Fsp3) is 0.130. The lowest BCUT2D eigenvalue weighted by molar-refractivity contribution is -0.121. The molecule has 0 radical (unpaired) electrons. The van der Waals surface area contributed by atoms with E-state index < -0.39 is 22.5 Å². The van der Waals surface area contributed by atoms with Crippen LogP contribution in [0.4, 0.5) is 0 Å². The highest BCUT2D eigenvalue weighted by Crippen LogP contribution is 2.25. The van der Waals surface area contributed by atoms with E-state index in [1.807, 2.05) is 0 Å². The summed E-state index contributed by atoms with van der Waals surface area (Å²) in [5.41, 5.74) is 3.48. The first kappa shape index (κ1) is 25.5. The van der Waals surface area contributed by atoms with Gasteiger partial charge in [0.25, 0.3) is 5.91 Å². The zero-order valence-corrected chi connectivity index (χ0v) is 20.3. The number of carbonyl (C=O) groups excluding carboxylic acids is 1. The molecule has 0 atom stereocenters. The van der Waals surface area contributed by atoms with Crippen LogP contribution in [0.2, 0.25) is 10.0 Å². The number of amides is 1. The highest BCUT2D eigenvalue weighted by atomic mass is 35.5. The molecule has 0 aromatic heterocycles. The lowest BCUT2D eigenvalue weighted by Gasteiger charge is -2.21. The number of rotatable bonds is 9. The molecular formula is C23H21Cl2N3O5S. The van der Waals surface area contributed by atoms with E-state index in [2.05, 4.69) is 10.5 Å². The van der Waals surface area contributed by atoms with Crippen molar-refractivity contribution in [2.45, 2.75) is 11.4 Å². The Hall–Kier alpha value is -3.11. The van der Waals surface area contributed by atoms with Gasteiger partial charge in [0.15, 0.2) is 11.5 Å². The van der Waals surface area contributed by atoms with Crippen LogP contribution in [0.1, 0.15) is 11.1 Å². The molecule has 0 aliphatic heterocycles. The van der Waals surface area contributed by atoms with Gasteiger partial charge in [-0.1, -0.05) is 35.3 Å². The SMILES string of the molecule is COc1cc(/C=N\NC(=O)CN(Cc2cccc(Cl)c2)S(=O)(=O)c2ccc(Cl)cc2)ccc1O. The number of sulfonamides is 1. The number of hydrogen-bond donors (Lipinski definition) is 2. The molecule has 178 valence electrons. The molecule has 11 heteroatoms. The Morgan fingerprint density at radius 1 is 1.09 bits per heavy atom. The summed E-state index contributed by atoms with van der Waals surface area (Å²) in [5.74, 6) is -0.439. The molecular weight excluding hydrogens is 501 g/mol. The number of hydrogen-bond acceptors (Lipinski definition) is 6. The number of hydrazone groups is 1. The number of carbonyl (C=O) groups is 1. The van der Waals surface area contributed by atoms with Gasteiger partial charge in [0.1, 0.15) is 0 Å². The van der Waals surface area contributed by atoms with E-state index in [0.29, 0.717) is 21.2 Å². The van der Waals surface area contributed by atoms with Crippen molar-refractivity contribution in [3.63, 3.8) is 0 Å². The van der Waals surface area contributed by atoms with Gasteiger partial charge < -0.3 is 9.84 Å². The van der Waals surface area contributed by atoms with E-state index in [0.717, 1.165) is 4.31 Å². The summed E-state index contributed by atoms with van der Waals surface area (Å²) < 4.78 is 32.6. The molecule has 34 heavy (non-hydrogen) atoms. The van der Waals surface area contributed by atoms with Crippen molar-refractivity contribution in [2.24, 2.45) is 5.10 Å². The van der Waals surface area contributed by atoms with Gasteiger partial charge in [0.2, 0.25) is 10.0 Å². The fourth-order valence-corrected chi connectivity index (χ4v) is 4.69. The van der Waals surface area contributed by atoms with Gasteiger partial charge >= 0.3 is 0 Å². The topological polar surface area (TPSA) is 108 Å². The van der Waals surface area contributed by atoms with Gasteiger partial charge in [-0.15, -0.1) is 0 Å². The van der Waals surface area contributed by atoms with Crippen molar-refractivity contribution in [1.29, 1.82) is 0 Å². The van der Waals surface area contributed by atoms with Crippen molar-refractivity contribution < 1.29 is 23.1 Å². The zero-order chi connectivity index (χ0) is 24.7. The van der Waals surface area contributed by atoms with E-state index in [4.69, 9.17) is 27.9 Å². The molecule has 0 bridgehead atoms. The smallest absolute Gasteiger partial charge is 0.255 e. The standard InChI is InChI=1S/C23H21Cl2N3O5S/c1-33-22-12-16(5-10-21(22)29)13-26-27-23(30)15-28(14-17-3-2-4-19(25)11-17)34(31,32)20-8-6-18(24)7-9-20/h2-13,29H,14-15H2,1H3,(H,27,30)/b26-13-. The normalized spacial score (nSPS) is 11.6. The van der Waals surface area contributed by atoms with Crippen LogP contribution in [0.5, 0.6) is 11.5 Å². The van der Waals surface area contributed by atoms with Crippen LogP contribution in [0.3, 0.4) is 0 Å². The van der Waals surface area contributed by atoms with Crippen LogP contribution in [0.15, 0.2) is 76.7 Å². The average molecular weight is 522 g/mol. The quantitative estimate of drug-likeness (QED) is 0.326. The van der Waals surface area contributed by atoms with Crippen LogP contribution in [-0.4, -0.2) is 43.6 Å². The first-order chi connectivity index (χ1) is 16.2. The third-order valence-corrected chi connectivity index (χ3v) is 6.92. The summed E-state index contributed by atoms with van der Waals surface area (Å²) in [7, 11) is -2.63. The molecule has 0 saturated heterocycles. The number of phenolic OH excluding ortho intramolecular Hbond substituents is 1. The number of nitrogens with one attached hydrogen (secondary N) is 1. The molecule has 0 fully saturated rings. The molecule has 0 saturated carbocycles. The highest BCUT2D eigenvalue weighted by molar-refractivity contribution is 7.89. The Labute approximate surface area is 207 Å². The van der Waals surface area contributed by atoms with E-state index in [-0.39, 0.29) is 22.9 Å². The third kappa shape index (κ3) is 6.71. The van der Waals surface area contributed by atoms with Crippen LogP contribution in [0.25, 0.3) is 0 Å². The molecule has 3 aromatic carbocycles. The minimum atomic E-state index is -4.04. The van der Waals surface area contributed by atoms with Gasteiger partial charge in [-0.3, -0.25) is 4.79 Å². The van der Waals surface area contributed by atoms with Crippen LogP contribution in [0, 0.1) is 0 Å². The fourth-order valence-electron chi connectivity index (χ4n) is 2.97. The van der Waals surface area contributed by atoms with E-state index in [1.165, 1.54) is 49.7 Å². The highest BCUT2D eigenvalue weighted by Gasteiger charge is 2.27.